The van der Waals surface area contributed by atoms with Crippen LogP contribution in [0.5, 0.6) is 0 Å². The molecule has 1 unspecified atom stereocenters. The van der Waals surface area contributed by atoms with Crippen LogP contribution in [-0.4, -0.2) is 23.1 Å². The van der Waals surface area contributed by atoms with Gasteiger partial charge in [-0.3, -0.25) is 4.90 Å². The molecule has 1 saturated heterocycles. The molecular weight excluding hydrogens is 351 g/mol. The van der Waals surface area contributed by atoms with Crippen LogP contribution in [0.15, 0.2) is 54.6 Å². The van der Waals surface area contributed by atoms with Crippen LogP contribution in [0.1, 0.15) is 29.5 Å². The molecule has 1 aliphatic rings. The highest BCUT2D eigenvalue weighted by Crippen LogP contribution is 2.35. The lowest BCUT2D eigenvalue weighted by Gasteiger charge is -2.39. The van der Waals surface area contributed by atoms with Gasteiger partial charge in [0.1, 0.15) is 5.60 Å². The molecule has 0 bridgehead atoms. The lowest BCUT2D eigenvalue weighted by molar-refractivity contribution is -0.137. The molecule has 2 aromatic carbocycles. The molecule has 0 spiro atoms. The summed E-state index contributed by atoms with van der Waals surface area (Å²) in [6.07, 6.45) is -2.99. The van der Waals surface area contributed by atoms with Gasteiger partial charge in [0.25, 0.3) is 0 Å². The Morgan fingerprint density at radius 3 is 2.24 bits per heavy atom. The molecule has 2 nitrogen and oxygen atoms in total. The minimum absolute atomic E-state index is 0. The monoisotopic (exact) mass is 371 g/mol. The highest BCUT2D eigenvalue weighted by molar-refractivity contribution is 5.85. The molecule has 3 rings (SSSR count). The largest absolute Gasteiger partial charge is 0.416 e. The summed E-state index contributed by atoms with van der Waals surface area (Å²) in [5.41, 5.74) is -0.0776. The van der Waals surface area contributed by atoms with Crippen molar-refractivity contribution in [3.63, 3.8) is 0 Å². The summed E-state index contributed by atoms with van der Waals surface area (Å²) in [6.45, 7) is 2.02. The Morgan fingerprint density at radius 2 is 1.64 bits per heavy atom. The molecule has 2 aromatic rings. The Morgan fingerprint density at radius 1 is 1.00 bits per heavy atom. The molecule has 0 radical (unpaired) electrons. The number of alkyl halides is 3. The van der Waals surface area contributed by atoms with E-state index in [1.165, 1.54) is 12.1 Å². The highest BCUT2D eigenvalue weighted by Gasteiger charge is 2.36. The van der Waals surface area contributed by atoms with Crippen molar-refractivity contribution in [2.24, 2.45) is 0 Å². The van der Waals surface area contributed by atoms with Crippen LogP contribution in [0.4, 0.5) is 13.2 Å². The third kappa shape index (κ3) is 4.75. The lowest BCUT2D eigenvalue weighted by atomic mass is 9.85. The molecule has 6 heteroatoms. The molecule has 0 amide bonds. The smallest absolute Gasteiger partial charge is 0.384 e. The summed E-state index contributed by atoms with van der Waals surface area (Å²) in [4.78, 5) is 2.15. The minimum Gasteiger partial charge on any atom is -0.384 e. The van der Waals surface area contributed by atoms with Gasteiger partial charge in [0.2, 0.25) is 0 Å². The fraction of sp³-hybridized carbons (Fsp3) is 0.368. The first-order chi connectivity index (χ1) is 11.4. The Bertz CT molecular complexity index is 675. The lowest BCUT2D eigenvalue weighted by Crippen LogP contribution is -2.45. The van der Waals surface area contributed by atoms with Gasteiger partial charge in [0, 0.05) is 13.1 Å². The van der Waals surface area contributed by atoms with E-state index in [4.69, 9.17) is 0 Å². The van der Waals surface area contributed by atoms with Crippen LogP contribution in [0.25, 0.3) is 0 Å². The Kier molecular flexibility index (Phi) is 6.14. The summed E-state index contributed by atoms with van der Waals surface area (Å²) >= 11 is 0. The molecule has 136 valence electrons. The minimum atomic E-state index is -4.35. The third-order valence-corrected chi connectivity index (χ3v) is 4.55. The maximum atomic E-state index is 12.7. The molecule has 25 heavy (non-hydrogen) atoms. The Hall–Kier alpha value is -1.56. The van der Waals surface area contributed by atoms with E-state index < -0.39 is 17.3 Å². The van der Waals surface area contributed by atoms with E-state index in [0.29, 0.717) is 18.5 Å². The fourth-order valence-corrected chi connectivity index (χ4v) is 3.30. The molecule has 1 aliphatic heterocycles. The molecule has 0 aliphatic carbocycles. The first-order valence-electron chi connectivity index (χ1n) is 8.03. The van der Waals surface area contributed by atoms with Crippen LogP contribution in [0.2, 0.25) is 0 Å². The number of hydrogen-bond acceptors (Lipinski definition) is 2. The number of piperidine rings is 1. The Labute approximate surface area is 151 Å². The van der Waals surface area contributed by atoms with Gasteiger partial charge in [-0.15, -0.1) is 12.4 Å². The van der Waals surface area contributed by atoms with Crippen LogP contribution in [0.3, 0.4) is 0 Å². The third-order valence-electron chi connectivity index (χ3n) is 4.55. The van der Waals surface area contributed by atoms with Gasteiger partial charge in [-0.05, 0) is 42.6 Å². The van der Waals surface area contributed by atoms with Crippen LogP contribution >= 0.6 is 12.4 Å². The molecule has 0 saturated carbocycles. The van der Waals surface area contributed by atoms with Crippen molar-refractivity contribution in [3.05, 3.63) is 71.3 Å². The summed E-state index contributed by atoms with van der Waals surface area (Å²) in [5.74, 6) is 0. The van der Waals surface area contributed by atoms with Crippen molar-refractivity contribution in [1.29, 1.82) is 0 Å². The number of aliphatic hydroxyl groups is 1. The van der Waals surface area contributed by atoms with Crippen LogP contribution < -0.4 is 0 Å². The predicted molar refractivity (Wildman–Crippen MR) is 93.5 cm³/mol. The molecular formula is C19H21ClF3NO. The van der Waals surface area contributed by atoms with Gasteiger partial charge in [0.05, 0.1) is 5.56 Å². The average molecular weight is 372 g/mol. The van der Waals surface area contributed by atoms with Gasteiger partial charge in [-0.2, -0.15) is 13.2 Å². The molecule has 0 aromatic heterocycles. The predicted octanol–water partition coefficient (Wildman–Crippen LogP) is 4.61. The Balaban J connectivity index is 0.00000225. The summed E-state index contributed by atoms with van der Waals surface area (Å²) in [6, 6.07) is 14.9. The zero-order chi connectivity index (χ0) is 17.2. The van der Waals surface area contributed by atoms with Gasteiger partial charge >= 0.3 is 6.18 Å². The first-order valence-corrected chi connectivity index (χ1v) is 8.03. The van der Waals surface area contributed by atoms with E-state index in [-0.39, 0.29) is 12.4 Å². The zero-order valence-electron chi connectivity index (χ0n) is 13.7. The summed E-state index contributed by atoms with van der Waals surface area (Å²) < 4.78 is 38.1. The maximum absolute atomic E-state index is 12.7. The number of hydrogen-bond donors (Lipinski definition) is 1. The van der Waals surface area contributed by atoms with E-state index in [0.717, 1.165) is 37.2 Å². The second kappa shape index (κ2) is 7.77. The molecule has 1 heterocycles. The van der Waals surface area contributed by atoms with Crippen molar-refractivity contribution < 1.29 is 18.3 Å². The number of β-amino-alcohol motifs (C(OH)–C–C–N with tert-alkyl or cyclic N) is 1. The van der Waals surface area contributed by atoms with Gasteiger partial charge < -0.3 is 5.11 Å². The first kappa shape index (κ1) is 19.8. The van der Waals surface area contributed by atoms with Gasteiger partial charge in [0.15, 0.2) is 0 Å². The average Bonchev–Trinajstić information content (AvgIpc) is 2.55. The quantitative estimate of drug-likeness (QED) is 0.851. The molecule has 1 atom stereocenters. The topological polar surface area (TPSA) is 23.5 Å². The number of halogens is 4. The van der Waals surface area contributed by atoms with Crippen molar-refractivity contribution in [2.45, 2.75) is 31.2 Å². The second-order valence-electron chi connectivity index (χ2n) is 6.41. The van der Waals surface area contributed by atoms with E-state index in [1.54, 1.807) is 0 Å². The second-order valence-corrected chi connectivity index (χ2v) is 6.41. The maximum Gasteiger partial charge on any atom is 0.416 e. The fourth-order valence-electron chi connectivity index (χ4n) is 3.30. The number of nitrogens with zero attached hydrogens (tertiary/aromatic N) is 1. The normalized spacial score (nSPS) is 21.6. The summed E-state index contributed by atoms with van der Waals surface area (Å²) in [5, 5.41) is 11.0. The SMILES string of the molecule is Cl.OC1(c2ccc(C(F)(F)F)cc2)CCCN(Cc2ccccc2)C1. The van der Waals surface area contributed by atoms with E-state index in [1.807, 2.05) is 30.3 Å². The van der Waals surface area contributed by atoms with Crippen molar-refractivity contribution in [3.8, 4) is 0 Å². The van der Waals surface area contributed by atoms with E-state index in [2.05, 4.69) is 4.90 Å². The summed E-state index contributed by atoms with van der Waals surface area (Å²) in [7, 11) is 0. The number of likely N-dealkylation sites (tertiary alicyclic amines) is 1. The van der Waals surface area contributed by atoms with Crippen LogP contribution in [0, 0.1) is 0 Å². The highest BCUT2D eigenvalue weighted by atomic mass is 35.5. The number of benzene rings is 2. The molecule has 1 N–H and O–H groups in total. The van der Waals surface area contributed by atoms with Crippen molar-refractivity contribution in [1.82, 2.24) is 4.90 Å². The number of rotatable bonds is 3. The van der Waals surface area contributed by atoms with Gasteiger partial charge in [-0.25, -0.2) is 0 Å². The molecule has 1 fully saturated rings. The standard InChI is InChI=1S/C19H20F3NO.ClH/c20-19(21,22)17-9-7-16(8-10-17)18(24)11-4-12-23(14-18)13-15-5-2-1-3-6-15;/h1-3,5-10,24H,4,11-14H2;1H. The van der Waals surface area contributed by atoms with E-state index in [9.17, 15) is 18.3 Å². The van der Waals surface area contributed by atoms with Crippen molar-refractivity contribution >= 4 is 12.4 Å². The van der Waals surface area contributed by atoms with E-state index >= 15 is 0 Å². The zero-order valence-corrected chi connectivity index (χ0v) is 14.5. The van der Waals surface area contributed by atoms with Crippen LogP contribution in [-0.2, 0) is 18.3 Å². The van der Waals surface area contributed by atoms with Crippen molar-refractivity contribution in [2.75, 3.05) is 13.1 Å². The van der Waals surface area contributed by atoms with Gasteiger partial charge in [-0.1, -0.05) is 42.5 Å².